The van der Waals surface area contributed by atoms with Crippen molar-refractivity contribution in [2.75, 3.05) is 5.32 Å². The lowest BCUT2D eigenvalue weighted by Gasteiger charge is -2.04. The Morgan fingerprint density at radius 3 is 2.79 bits per heavy atom. The van der Waals surface area contributed by atoms with Crippen LogP contribution in [0.15, 0.2) is 42.7 Å². The molecule has 124 valence electrons. The fraction of sp³-hybridized carbons (Fsp3) is 0.278. The first-order valence-corrected chi connectivity index (χ1v) is 7.99. The minimum Gasteiger partial charge on any atom is -0.305 e. The number of rotatable bonds is 5. The molecule has 3 rings (SSSR count). The fourth-order valence-electron chi connectivity index (χ4n) is 2.69. The highest BCUT2D eigenvalue weighted by Gasteiger charge is 2.14. The Morgan fingerprint density at radius 2 is 2.08 bits per heavy atom. The van der Waals surface area contributed by atoms with E-state index in [-0.39, 0.29) is 5.91 Å². The molecule has 0 saturated carbocycles. The van der Waals surface area contributed by atoms with E-state index in [1.807, 2.05) is 30.8 Å². The maximum atomic E-state index is 12.4. The van der Waals surface area contributed by atoms with Crippen molar-refractivity contribution in [1.29, 1.82) is 0 Å². The van der Waals surface area contributed by atoms with Crippen LogP contribution in [0.3, 0.4) is 0 Å². The smallest absolute Gasteiger partial charge is 0.260 e. The quantitative estimate of drug-likeness (QED) is 0.785. The van der Waals surface area contributed by atoms with Gasteiger partial charge in [0.15, 0.2) is 5.82 Å². The van der Waals surface area contributed by atoms with Crippen molar-refractivity contribution < 1.29 is 4.79 Å². The molecule has 0 aliphatic heterocycles. The molecule has 0 spiro atoms. The molecule has 0 atom stereocenters. The van der Waals surface area contributed by atoms with Crippen LogP contribution in [0.25, 0.3) is 0 Å². The van der Waals surface area contributed by atoms with Crippen LogP contribution in [0, 0.1) is 13.8 Å². The molecule has 1 amide bonds. The number of carbonyl (C=O) groups excluding carboxylic acids is 1. The van der Waals surface area contributed by atoms with Gasteiger partial charge in [-0.1, -0.05) is 29.8 Å². The molecule has 0 aliphatic carbocycles. The highest BCUT2D eigenvalue weighted by Crippen LogP contribution is 2.12. The number of aryl methyl sites for hydroxylation is 2. The third kappa shape index (κ3) is 3.37. The summed E-state index contributed by atoms with van der Waals surface area (Å²) in [5.41, 5.74) is 3.83. The predicted octanol–water partition coefficient (Wildman–Crippen LogP) is 3.02. The number of benzene rings is 1. The van der Waals surface area contributed by atoms with Crippen LogP contribution < -0.4 is 5.32 Å². The van der Waals surface area contributed by atoms with E-state index >= 15 is 0 Å². The van der Waals surface area contributed by atoms with Crippen LogP contribution in [0.5, 0.6) is 0 Å². The second-order valence-electron chi connectivity index (χ2n) is 5.80. The summed E-state index contributed by atoms with van der Waals surface area (Å²) in [5, 5.41) is 11.4. The number of nitrogens with zero attached hydrogens (tertiary/aromatic N) is 4. The summed E-state index contributed by atoms with van der Waals surface area (Å²) in [4.78, 5) is 12.4. The molecule has 0 saturated heterocycles. The first kappa shape index (κ1) is 16.0. The molecular formula is C18H21N5O. The van der Waals surface area contributed by atoms with E-state index in [2.05, 4.69) is 40.6 Å². The number of anilines is 1. The summed E-state index contributed by atoms with van der Waals surface area (Å²) in [7, 11) is 0. The van der Waals surface area contributed by atoms with Crippen LogP contribution in [-0.4, -0.2) is 25.5 Å². The van der Waals surface area contributed by atoms with Gasteiger partial charge in [0.25, 0.3) is 5.91 Å². The number of nitrogens with one attached hydrogen (secondary N) is 1. The molecule has 2 heterocycles. The highest BCUT2D eigenvalue weighted by molar-refractivity contribution is 6.04. The molecule has 2 aromatic heterocycles. The van der Waals surface area contributed by atoms with E-state index in [0.717, 1.165) is 12.2 Å². The molecule has 1 aromatic carbocycles. The van der Waals surface area contributed by atoms with Gasteiger partial charge in [0.05, 0.1) is 18.3 Å². The molecule has 3 aromatic rings. The van der Waals surface area contributed by atoms with Gasteiger partial charge in [0.1, 0.15) is 0 Å². The summed E-state index contributed by atoms with van der Waals surface area (Å²) in [6.45, 7) is 7.36. The number of hydrogen-bond acceptors (Lipinski definition) is 3. The van der Waals surface area contributed by atoms with E-state index in [4.69, 9.17) is 0 Å². The molecule has 0 aliphatic rings. The molecule has 1 N–H and O–H groups in total. The van der Waals surface area contributed by atoms with E-state index in [0.29, 0.717) is 17.9 Å². The fourth-order valence-corrected chi connectivity index (χ4v) is 2.69. The van der Waals surface area contributed by atoms with Gasteiger partial charge in [-0.05, 0) is 26.3 Å². The van der Waals surface area contributed by atoms with Crippen molar-refractivity contribution >= 4 is 11.7 Å². The summed E-state index contributed by atoms with van der Waals surface area (Å²) in [6, 6.07) is 10.1. The molecule has 6 nitrogen and oxygen atoms in total. The van der Waals surface area contributed by atoms with E-state index in [9.17, 15) is 4.79 Å². The summed E-state index contributed by atoms with van der Waals surface area (Å²) in [5.74, 6) is 0.351. The van der Waals surface area contributed by atoms with Gasteiger partial charge in [-0.3, -0.25) is 14.2 Å². The predicted molar refractivity (Wildman–Crippen MR) is 93.1 cm³/mol. The Balaban J connectivity index is 1.69. The van der Waals surface area contributed by atoms with Gasteiger partial charge < -0.3 is 5.32 Å². The summed E-state index contributed by atoms with van der Waals surface area (Å²) >= 11 is 0. The third-order valence-electron chi connectivity index (χ3n) is 3.96. The zero-order valence-corrected chi connectivity index (χ0v) is 14.2. The minimum atomic E-state index is -0.187. The Bertz CT molecular complexity index is 862. The van der Waals surface area contributed by atoms with Crippen LogP contribution in [0.1, 0.15) is 34.1 Å². The van der Waals surface area contributed by atoms with E-state index < -0.39 is 0 Å². The lowest BCUT2D eigenvalue weighted by molar-refractivity contribution is 0.102. The van der Waals surface area contributed by atoms with Crippen LogP contribution in [0.2, 0.25) is 0 Å². The number of carbonyl (C=O) groups is 1. The Kier molecular flexibility index (Phi) is 4.46. The van der Waals surface area contributed by atoms with Gasteiger partial charge in [0, 0.05) is 24.5 Å². The van der Waals surface area contributed by atoms with E-state index in [1.165, 1.54) is 11.1 Å². The van der Waals surface area contributed by atoms with Crippen LogP contribution >= 0.6 is 0 Å². The number of hydrogen-bond donors (Lipinski definition) is 1. The monoisotopic (exact) mass is 323 g/mol. The first-order chi connectivity index (χ1) is 11.6. The molecule has 0 bridgehead atoms. The zero-order valence-electron chi connectivity index (χ0n) is 14.2. The van der Waals surface area contributed by atoms with Crippen molar-refractivity contribution in [3.8, 4) is 0 Å². The minimum absolute atomic E-state index is 0.187. The van der Waals surface area contributed by atoms with Gasteiger partial charge in [0.2, 0.25) is 0 Å². The van der Waals surface area contributed by atoms with Crippen molar-refractivity contribution in [2.45, 2.75) is 33.9 Å². The Labute approximate surface area is 141 Å². The van der Waals surface area contributed by atoms with Crippen LogP contribution in [0.4, 0.5) is 5.82 Å². The maximum Gasteiger partial charge on any atom is 0.260 e. The standard InChI is InChI=1S/C18H21N5O/c1-4-23-14(3)16(11-19-23)18(24)20-17-8-9-22(21-17)12-15-7-5-6-13(2)10-15/h5-11H,4,12H2,1-3H3,(H,20,21,24). The van der Waals surface area contributed by atoms with Crippen molar-refractivity contribution in [3.05, 3.63) is 65.1 Å². The van der Waals surface area contributed by atoms with Gasteiger partial charge in [-0.2, -0.15) is 10.2 Å². The summed E-state index contributed by atoms with van der Waals surface area (Å²) in [6.07, 6.45) is 3.46. The molecule has 6 heteroatoms. The molecule has 24 heavy (non-hydrogen) atoms. The molecule has 0 fully saturated rings. The number of amides is 1. The average Bonchev–Trinajstić information content (AvgIpc) is 3.13. The van der Waals surface area contributed by atoms with Gasteiger partial charge in [-0.25, -0.2) is 0 Å². The summed E-state index contributed by atoms with van der Waals surface area (Å²) < 4.78 is 3.61. The topological polar surface area (TPSA) is 64.7 Å². The normalized spacial score (nSPS) is 10.8. The number of aromatic nitrogens is 4. The molecule has 0 unspecified atom stereocenters. The second kappa shape index (κ2) is 6.70. The first-order valence-electron chi connectivity index (χ1n) is 7.99. The zero-order chi connectivity index (χ0) is 17.1. The molecule has 0 radical (unpaired) electrons. The van der Waals surface area contributed by atoms with Gasteiger partial charge >= 0.3 is 0 Å². The third-order valence-corrected chi connectivity index (χ3v) is 3.96. The average molecular weight is 323 g/mol. The van der Waals surface area contributed by atoms with Crippen molar-refractivity contribution in [3.63, 3.8) is 0 Å². The van der Waals surface area contributed by atoms with Crippen molar-refractivity contribution in [1.82, 2.24) is 19.6 Å². The Morgan fingerprint density at radius 1 is 1.25 bits per heavy atom. The van der Waals surface area contributed by atoms with Gasteiger partial charge in [-0.15, -0.1) is 0 Å². The van der Waals surface area contributed by atoms with Crippen LogP contribution in [-0.2, 0) is 13.1 Å². The lowest BCUT2D eigenvalue weighted by Crippen LogP contribution is -2.14. The highest BCUT2D eigenvalue weighted by atomic mass is 16.1. The SMILES string of the molecule is CCn1ncc(C(=O)Nc2ccn(Cc3cccc(C)c3)n2)c1C. The Hall–Kier alpha value is -2.89. The van der Waals surface area contributed by atoms with Crippen molar-refractivity contribution in [2.24, 2.45) is 0 Å². The maximum absolute atomic E-state index is 12.4. The second-order valence-corrected chi connectivity index (χ2v) is 5.80. The lowest BCUT2D eigenvalue weighted by atomic mass is 10.1. The molecular weight excluding hydrogens is 302 g/mol. The largest absolute Gasteiger partial charge is 0.305 e. The van der Waals surface area contributed by atoms with E-state index in [1.54, 1.807) is 16.9 Å².